The molecule has 0 spiro atoms. The van der Waals surface area contributed by atoms with Gasteiger partial charge in [-0.2, -0.15) is 0 Å². The monoisotopic (exact) mass is 276 g/mol. The van der Waals surface area contributed by atoms with Crippen LogP contribution in [0.25, 0.3) is 0 Å². The van der Waals surface area contributed by atoms with Crippen LogP contribution < -0.4 is 4.74 Å². The first-order valence-corrected chi connectivity index (χ1v) is 6.21. The van der Waals surface area contributed by atoms with Gasteiger partial charge in [0.1, 0.15) is 18.1 Å². The summed E-state index contributed by atoms with van der Waals surface area (Å²) in [5.74, 6) is 1.24. The van der Waals surface area contributed by atoms with E-state index < -0.39 is 4.92 Å². The third-order valence-corrected chi connectivity index (χ3v) is 3.31. The smallest absolute Gasteiger partial charge is 0.276 e. The van der Waals surface area contributed by atoms with Crippen molar-refractivity contribution >= 4 is 5.69 Å². The second-order valence-corrected chi connectivity index (χ2v) is 4.70. The number of nitrogens with zero attached hydrogens (tertiary/aromatic N) is 2. The van der Waals surface area contributed by atoms with Gasteiger partial charge in [0, 0.05) is 6.07 Å². The molecule has 6 heteroatoms. The van der Waals surface area contributed by atoms with Crippen LogP contribution in [-0.2, 0) is 6.61 Å². The molecule has 2 rings (SSSR count). The van der Waals surface area contributed by atoms with E-state index in [9.17, 15) is 10.1 Å². The third-order valence-electron chi connectivity index (χ3n) is 3.31. The average molecular weight is 276 g/mol. The minimum absolute atomic E-state index is 0.0596. The summed E-state index contributed by atoms with van der Waals surface area (Å²) in [6.45, 7) is 7.48. The summed E-state index contributed by atoms with van der Waals surface area (Å²) in [5.41, 5.74) is 3.09. The van der Waals surface area contributed by atoms with Gasteiger partial charge in [0.05, 0.1) is 21.7 Å². The topological polar surface area (TPSA) is 78.4 Å². The summed E-state index contributed by atoms with van der Waals surface area (Å²) in [5, 5.41) is 14.8. The summed E-state index contributed by atoms with van der Waals surface area (Å²) in [6, 6.07) is 3.18. The highest BCUT2D eigenvalue weighted by Crippen LogP contribution is 2.31. The van der Waals surface area contributed by atoms with Crippen molar-refractivity contribution < 1.29 is 14.2 Å². The van der Waals surface area contributed by atoms with Crippen LogP contribution in [0.2, 0.25) is 0 Å². The zero-order valence-corrected chi connectivity index (χ0v) is 11.9. The van der Waals surface area contributed by atoms with Gasteiger partial charge in [0.2, 0.25) is 0 Å². The highest BCUT2D eigenvalue weighted by Gasteiger charge is 2.18. The van der Waals surface area contributed by atoms with Gasteiger partial charge in [-0.1, -0.05) is 5.16 Å². The number of hydrogen-bond donors (Lipinski definition) is 0. The van der Waals surface area contributed by atoms with E-state index >= 15 is 0 Å². The van der Waals surface area contributed by atoms with E-state index in [1.165, 1.54) is 6.07 Å². The zero-order valence-electron chi connectivity index (χ0n) is 11.9. The Kier molecular flexibility index (Phi) is 3.74. The Morgan fingerprint density at radius 1 is 1.30 bits per heavy atom. The van der Waals surface area contributed by atoms with Crippen molar-refractivity contribution in [3.63, 3.8) is 0 Å². The van der Waals surface area contributed by atoms with Crippen LogP contribution in [0, 0.1) is 37.8 Å². The first-order valence-electron chi connectivity index (χ1n) is 6.21. The zero-order chi connectivity index (χ0) is 14.9. The van der Waals surface area contributed by atoms with Crippen LogP contribution >= 0.6 is 0 Å². The number of rotatable bonds is 4. The fraction of sp³-hybridized carbons (Fsp3) is 0.357. The highest BCUT2D eigenvalue weighted by atomic mass is 16.6. The van der Waals surface area contributed by atoms with E-state index in [0.717, 1.165) is 16.8 Å². The number of aryl methyl sites for hydroxylation is 3. The molecule has 0 bridgehead atoms. The predicted molar refractivity (Wildman–Crippen MR) is 72.9 cm³/mol. The average Bonchev–Trinajstić information content (AvgIpc) is 2.69. The third kappa shape index (κ3) is 2.49. The van der Waals surface area contributed by atoms with Crippen molar-refractivity contribution in [1.82, 2.24) is 5.16 Å². The molecule has 1 heterocycles. The molecule has 0 atom stereocenters. The SMILES string of the molecule is Cc1ccc([N+](=O)[O-])c(C)c1OCc1c(C)noc1C. The van der Waals surface area contributed by atoms with Crippen molar-refractivity contribution in [2.45, 2.75) is 34.3 Å². The molecule has 6 nitrogen and oxygen atoms in total. The van der Waals surface area contributed by atoms with E-state index in [-0.39, 0.29) is 12.3 Å². The Morgan fingerprint density at radius 2 is 2.00 bits per heavy atom. The van der Waals surface area contributed by atoms with Gasteiger partial charge >= 0.3 is 0 Å². The van der Waals surface area contributed by atoms with E-state index in [0.29, 0.717) is 17.1 Å². The van der Waals surface area contributed by atoms with E-state index in [4.69, 9.17) is 9.26 Å². The molecule has 0 aliphatic rings. The van der Waals surface area contributed by atoms with Crippen molar-refractivity contribution in [2.75, 3.05) is 0 Å². The fourth-order valence-electron chi connectivity index (χ4n) is 2.09. The van der Waals surface area contributed by atoms with Crippen LogP contribution in [0.5, 0.6) is 5.75 Å². The van der Waals surface area contributed by atoms with Gasteiger partial charge < -0.3 is 9.26 Å². The van der Waals surface area contributed by atoms with Crippen LogP contribution in [0.15, 0.2) is 16.7 Å². The van der Waals surface area contributed by atoms with Crippen LogP contribution in [0.3, 0.4) is 0 Å². The molecule has 1 aromatic heterocycles. The van der Waals surface area contributed by atoms with Gasteiger partial charge in [0.25, 0.3) is 5.69 Å². The van der Waals surface area contributed by atoms with Crippen molar-refractivity contribution in [3.05, 3.63) is 50.4 Å². The summed E-state index contributed by atoms with van der Waals surface area (Å²) in [4.78, 5) is 10.5. The van der Waals surface area contributed by atoms with E-state index in [1.54, 1.807) is 13.0 Å². The second-order valence-electron chi connectivity index (χ2n) is 4.70. The molecular weight excluding hydrogens is 260 g/mol. The van der Waals surface area contributed by atoms with Crippen LogP contribution in [0.1, 0.15) is 28.1 Å². The lowest BCUT2D eigenvalue weighted by Crippen LogP contribution is -2.02. The quantitative estimate of drug-likeness (QED) is 0.631. The number of hydrogen-bond acceptors (Lipinski definition) is 5. The maximum atomic E-state index is 11.0. The van der Waals surface area contributed by atoms with Crippen LogP contribution in [-0.4, -0.2) is 10.1 Å². The standard InChI is InChI=1S/C14H16N2O4/c1-8-5-6-13(16(17)18)9(2)14(8)19-7-12-10(3)15-20-11(12)4/h5-6H,7H2,1-4H3. The summed E-state index contributed by atoms with van der Waals surface area (Å²) < 4.78 is 10.8. The number of aromatic nitrogens is 1. The molecule has 0 saturated heterocycles. The Labute approximate surface area is 116 Å². The molecule has 0 radical (unpaired) electrons. The van der Waals surface area contributed by atoms with Gasteiger partial charge in [-0.3, -0.25) is 10.1 Å². The molecular formula is C14H16N2O4. The molecule has 0 N–H and O–H groups in total. The summed E-state index contributed by atoms with van der Waals surface area (Å²) in [6.07, 6.45) is 0. The highest BCUT2D eigenvalue weighted by molar-refractivity contribution is 5.52. The van der Waals surface area contributed by atoms with E-state index in [1.807, 2.05) is 20.8 Å². The van der Waals surface area contributed by atoms with Gasteiger partial charge in [-0.25, -0.2) is 0 Å². The lowest BCUT2D eigenvalue weighted by Gasteiger charge is -2.12. The van der Waals surface area contributed by atoms with Gasteiger partial charge in [-0.15, -0.1) is 0 Å². The maximum absolute atomic E-state index is 11.0. The van der Waals surface area contributed by atoms with Gasteiger partial charge in [0.15, 0.2) is 0 Å². The molecule has 20 heavy (non-hydrogen) atoms. The number of ether oxygens (including phenoxy) is 1. The minimum Gasteiger partial charge on any atom is -0.488 e. The molecule has 0 unspecified atom stereocenters. The molecule has 1 aromatic carbocycles. The molecule has 0 saturated carbocycles. The molecule has 2 aromatic rings. The second kappa shape index (κ2) is 5.32. The fourth-order valence-corrected chi connectivity index (χ4v) is 2.09. The summed E-state index contributed by atoms with van der Waals surface area (Å²) in [7, 11) is 0. The van der Waals surface area contributed by atoms with Crippen LogP contribution in [0.4, 0.5) is 5.69 Å². The van der Waals surface area contributed by atoms with Crippen molar-refractivity contribution in [1.29, 1.82) is 0 Å². The number of nitro groups is 1. The lowest BCUT2D eigenvalue weighted by molar-refractivity contribution is -0.385. The first-order chi connectivity index (χ1) is 9.41. The first kappa shape index (κ1) is 14.0. The Morgan fingerprint density at radius 3 is 2.55 bits per heavy atom. The normalized spacial score (nSPS) is 10.6. The van der Waals surface area contributed by atoms with Crippen molar-refractivity contribution in [2.24, 2.45) is 0 Å². The Hall–Kier alpha value is -2.37. The van der Waals surface area contributed by atoms with E-state index in [2.05, 4.69) is 5.16 Å². The lowest BCUT2D eigenvalue weighted by atomic mass is 10.1. The summed E-state index contributed by atoms with van der Waals surface area (Å²) >= 11 is 0. The Balaban J connectivity index is 2.30. The molecule has 0 aliphatic heterocycles. The van der Waals surface area contributed by atoms with Gasteiger partial charge in [-0.05, 0) is 39.3 Å². The minimum atomic E-state index is -0.405. The molecule has 0 fully saturated rings. The molecule has 106 valence electrons. The Bertz CT molecular complexity index is 642. The molecule has 0 aliphatic carbocycles. The maximum Gasteiger partial charge on any atom is 0.276 e. The predicted octanol–water partition coefficient (Wildman–Crippen LogP) is 3.40. The molecule has 0 amide bonds. The van der Waals surface area contributed by atoms with Crippen molar-refractivity contribution in [3.8, 4) is 5.75 Å². The number of nitro benzene ring substituents is 1. The largest absolute Gasteiger partial charge is 0.488 e. The number of benzene rings is 1.